The lowest BCUT2D eigenvalue weighted by molar-refractivity contribution is -0.105. The minimum absolute atomic E-state index is 0.560. The lowest BCUT2D eigenvalue weighted by Crippen LogP contribution is -1.93. The Bertz CT molecular complexity index is 410. The molecule has 0 radical (unpaired) electrons. The number of hydrogen-bond donors (Lipinski definition) is 1. The van der Waals surface area contributed by atoms with Crippen molar-refractivity contribution in [2.45, 2.75) is 0 Å². The molecular weight excluding hydrogens is 158 g/mol. The third-order valence-corrected chi connectivity index (χ3v) is 1.50. The summed E-state index contributed by atoms with van der Waals surface area (Å²) in [4.78, 5) is 10.1. The summed E-state index contributed by atoms with van der Waals surface area (Å²) in [5, 5.41) is 9.74. The molecule has 0 saturated heterocycles. The van der Waals surface area contributed by atoms with Crippen molar-refractivity contribution in [3.63, 3.8) is 0 Å². The van der Waals surface area contributed by atoms with Crippen molar-refractivity contribution in [2.75, 3.05) is 5.32 Å². The summed E-state index contributed by atoms with van der Waals surface area (Å²) in [6.45, 7) is 0. The fourth-order valence-electron chi connectivity index (χ4n) is 0.986. The number of fused-ring (bicyclic) bond motifs is 1. The van der Waals surface area contributed by atoms with Gasteiger partial charge in [-0.25, -0.2) is 4.63 Å². The highest BCUT2D eigenvalue weighted by molar-refractivity contribution is 5.91. The number of benzene rings is 1. The summed E-state index contributed by atoms with van der Waals surface area (Å²) in [7, 11) is 0. The van der Waals surface area contributed by atoms with Crippen LogP contribution in [0.15, 0.2) is 22.8 Å². The van der Waals surface area contributed by atoms with Crippen molar-refractivity contribution >= 4 is 23.1 Å². The number of rotatable bonds is 2. The average Bonchev–Trinajstić information content (AvgIpc) is 2.53. The topological polar surface area (TPSA) is 68.0 Å². The van der Waals surface area contributed by atoms with E-state index in [2.05, 4.69) is 20.3 Å². The van der Waals surface area contributed by atoms with Gasteiger partial charge in [-0.05, 0) is 22.4 Å². The number of nitrogens with one attached hydrogen (secondary N) is 1. The van der Waals surface area contributed by atoms with E-state index in [1.807, 2.05) is 0 Å². The number of aromatic nitrogens is 2. The maximum absolute atomic E-state index is 10.1. The number of carbonyl (C=O) groups is 1. The fraction of sp³-hybridized carbons (Fsp3) is 0. The zero-order chi connectivity index (χ0) is 8.39. The van der Waals surface area contributed by atoms with Crippen LogP contribution >= 0.6 is 0 Å². The Balaban J connectivity index is 2.65. The molecule has 1 heterocycles. The Morgan fingerprint density at radius 3 is 3.17 bits per heavy atom. The molecule has 0 unspecified atom stereocenters. The van der Waals surface area contributed by atoms with Gasteiger partial charge in [0.15, 0.2) is 5.52 Å². The van der Waals surface area contributed by atoms with E-state index in [4.69, 9.17) is 0 Å². The molecule has 0 aliphatic heterocycles. The van der Waals surface area contributed by atoms with Crippen molar-refractivity contribution in [1.29, 1.82) is 0 Å². The van der Waals surface area contributed by atoms with Crippen LogP contribution in [0.3, 0.4) is 0 Å². The second-order valence-electron chi connectivity index (χ2n) is 2.20. The highest BCUT2D eigenvalue weighted by Gasteiger charge is 2.03. The first-order chi connectivity index (χ1) is 5.92. The van der Waals surface area contributed by atoms with E-state index < -0.39 is 0 Å². The van der Waals surface area contributed by atoms with Gasteiger partial charge in [-0.3, -0.25) is 4.79 Å². The highest BCUT2D eigenvalue weighted by atomic mass is 16.6. The lowest BCUT2D eigenvalue weighted by Gasteiger charge is -1.94. The molecule has 0 fully saturated rings. The molecule has 0 bridgehead atoms. The van der Waals surface area contributed by atoms with E-state index in [1.54, 1.807) is 18.2 Å². The fourth-order valence-corrected chi connectivity index (χ4v) is 0.986. The quantitative estimate of drug-likeness (QED) is 0.664. The summed E-state index contributed by atoms with van der Waals surface area (Å²) < 4.78 is 4.50. The van der Waals surface area contributed by atoms with Gasteiger partial charge in [0, 0.05) is 0 Å². The average molecular weight is 163 g/mol. The summed E-state index contributed by atoms with van der Waals surface area (Å²) in [5.41, 5.74) is 1.79. The molecule has 2 aromatic rings. The number of hydrogen-bond acceptors (Lipinski definition) is 4. The van der Waals surface area contributed by atoms with Crippen molar-refractivity contribution in [2.24, 2.45) is 0 Å². The molecule has 5 heteroatoms. The van der Waals surface area contributed by atoms with E-state index >= 15 is 0 Å². The van der Waals surface area contributed by atoms with Crippen LogP contribution < -0.4 is 5.32 Å². The molecule has 1 N–H and O–H groups in total. The van der Waals surface area contributed by atoms with Gasteiger partial charge in [-0.15, -0.1) is 0 Å². The van der Waals surface area contributed by atoms with Crippen molar-refractivity contribution in [3.8, 4) is 0 Å². The van der Waals surface area contributed by atoms with E-state index in [-0.39, 0.29) is 0 Å². The van der Waals surface area contributed by atoms with Gasteiger partial charge in [-0.2, -0.15) is 0 Å². The van der Waals surface area contributed by atoms with Crippen LogP contribution in [0.4, 0.5) is 5.69 Å². The van der Waals surface area contributed by atoms with Crippen LogP contribution in [-0.2, 0) is 4.79 Å². The van der Waals surface area contributed by atoms with Gasteiger partial charge in [0.25, 0.3) is 0 Å². The van der Waals surface area contributed by atoms with E-state index in [0.29, 0.717) is 23.1 Å². The first-order valence-electron chi connectivity index (χ1n) is 3.33. The third kappa shape index (κ3) is 0.914. The SMILES string of the molecule is O=CNc1cccc2nonc12. The van der Waals surface area contributed by atoms with Crippen LogP contribution in [0, 0.1) is 0 Å². The number of nitrogens with zero attached hydrogens (tertiary/aromatic N) is 2. The largest absolute Gasteiger partial charge is 0.327 e. The summed E-state index contributed by atoms with van der Waals surface area (Å²) >= 11 is 0. The van der Waals surface area contributed by atoms with Crippen LogP contribution in [-0.4, -0.2) is 16.7 Å². The molecule has 0 spiro atoms. The molecular formula is C7H5N3O2. The molecule has 0 saturated carbocycles. The lowest BCUT2D eigenvalue weighted by atomic mass is 10.3. The van der Waals surface area contributed by atoms with Crippen molar-refractivity contribution in [3.05, 3.63) is 18.2 Å². The Morgan fingerprint density at radius 2 is 2.33 bits per heavy atom. The monoisotopic (exact) mass is 163 g/mol. The first kappa shape index (κ1) is 6.78. The van der Waals surface area contributed by atoms with Gasteiger partial charge in [0.1, 0.15) is 5.52 Å². The third-order valence-electron chi connectivity index (χ3n) is 1.50. The maximum Gasteiger partial charge on any atom is 0.211 e. The van der Waals surface area contributed by atoms with E-state index in [9.17, 15) is 4.79 Å². The number of amides is 1. The van der Waals surface area contributed by atoms with Crippen molar-refractivity contribution in [1.82, 2.24) is 10.3 Å². The van der Waals surface area contributed by atoms with Gasteiger partial charge in [-0.1, -0.05) is 6.07 Å². The molecule has 2 rings (SSSR count). The first-order valence-corrected chi connectivity index (χ1v) is 3.33. The van der Waals surface area contributed by atoms with Gasteiger partial charge in [0.2, 0.25) is 6.41 Å². The van der Waals surface area contributed by atoms with Crippen LogP contribution in [0.25, 0.3) is 11.0 Å². The predicted octanol–water partition coefficient (Wildman–Crippen LogP) is 0.791. The van der Waals surface area contributed by atoms with Crippen LogP contribution in [0.2, 0.25) is 0 Å². The molecule has 1 amide bonds. The Hall–Kier alpha value is -1.91. The summed E-state index contributed by atoms with van der Waals surface area (Å²) in [6, 6.07) is 5.24. The van der Waals surface area contributed by atoms with Crippen LogP contribution in [0.1, 0.15) is 0 Å². The van der Waals surface area contributed by atoms with Gasteiger partial charge < -0.3 is 5.32 Å². The molecule has 60 valence electrons. The highest BCUT2D eigenvalue weighted by Crippen LogP contribution is 2.18. The summed E-state index contributed by atoms with van der Waals surface area (Å²) in [6.07, 6.45) is 0.587. The zero-order valence-corrected chi connectivity index (χ0v) is 6.02. The maximum atomic E-state index is 10.1. The van der Waals surface area contributed by atoms with Gasteiger partial charge >= 0.3 is 0 Å². The molecule has 1 aromatic heterocycles. The summed E-state index contributed by atoms with van der Waals surface area (Å²) in [5.74, 6) is 0. The zero-order valence-electron chi connectivity index (χ0n) is 6.02. The minimum atomic E-state index is 0.560. The molecule has 5 nitrogen and oxygen atoms in total. The van der Waals surface area contributed by atoms with Crippen molar-refractivity contribution < 1.29 is 9.42 Å². The van der Waals surface area contributed by atoms with E-state index in [0.717, 1.165) is 0 Å². The van der Waals surface area contributed by atoms with Gasteiger partial charge in [0.05, 0.1) is 5.69 Å². The second-order valence-corrected chi connectivity index (χ2v) is 2.20. The molecule has 0 aliphatic rings. The smallest absolute Gasteiger partial charge is 0.211 e. The number of anilines is 1. The van der Waals surface area contributed by atoms with E-state index in [1.165, 1.54) is 0 Å². The van der Waals surface area contributed by atoms with Crippen LogP contribution in [0.5, 0.6) is 0 Å². The molecule has 0 aliphatic carbocycles. The molecule has 0 atom stereocenters. The Morgan fingerprint density at radius 1 is 1.42 bits per heavy atom. The Kier molecular flexibility index (Phi) is 1.48. The second kappa shape index (κ2) is 2.61. The molecule has 12 heavy (non-hydrogen) atoms. The predicted molar refractivity (Wildman–Crippen MR) is 41.5 cm³/mol. The standard InChI is InChI=1S/C7H5N3O2/c11-4-8-5-2-1-3-6-7(5)10-12-9-6/h1-4H,(H,8,11). The molecule has 1 aromatic carbocycles. The normalized spacial score (nSPS) is 10.0. The number of carbonyl (C=O) groups excluding carboxylic acids is 1. The Labute approximate surface area is 67.3 Å². The minimum Gasteiger partial charge on any atom is -0.327 e.